The van der Waals surface area contributed by atoms with Gasteiger partial charge < -0.3 is 9.47 Å². The van der Waals surface area contributed by atoms with Crippen molar-refractivity contribution in [2.24, 2.45) is 0 Å². The van der Waals surface area contributed by atoms with Gasteiger partial charge in [0.15, 0.2) is 5.65 Å². The maximum Gasteiger partial charge on any atom is 0.416 e. The lowest BCUT2D eigenvalue weighted by molar-refractivity contribution is -0.142. The summed E-state index contributed by atoms with van der Waals surface area (Å²) in [7, 11) is 0. The molecule has 0 saturated carbocycles. The van der Waals surface area contributed by atoms with Crippen molar-refractivity contribution >= 4 is 29.2 Å². The molecule has 7 nitrogen and oxygen atoms in total. The molecule has 4 rings (SSSR count). The summed E-state index contributed by atoms with van der Waals surface area (Å²) in [5.41, 5.74) is 0.995. The normalized spacial score (nSPS) is 11.5. The first-order valence-electron chi connectivity index (χ1n) is 10.7. The zero-order valence-electron chi connectivity index (χ0n) is 18.9. The quantitative estimate of drug-likeness (QED) is 0.300. The zero-order chi connectivity index (χ0) is 25.9. The Hall–Kier alpha value is -3.92. The molecule has 36 heavy (non-hydrogen) atoms. The Labute approximate surface area is 208 Å². The summed E-state index contributed by atoms with van der Waals surface area (Å²) < 4.78 is 50.7. The standard InChI is InChI=1S/C25H19ClF3N3O4/c1-15(33)36-14-20-22(24(34)35-13-11-16-4-2-3-5-19(16)26)23-30-12-10-21(32(23)31-20)17-6-8-18(9-7-17)25(27,28)29/h2-10,12H,11,13-14H2,1H3. The highest BCUT2D eigenvalue weighted by Gasteiger charge is 2.30. The molecule has 2 aromatic carbocycles. The van der Waals surface area contributed by atoms with E-state index < -0.39 is 23.7 Å². The highest BCUT2D eigenvalue weighted by molar-refractivity contribution is 6.31. The van der Waals surface area contributed by atoms with Gasteiger partial charge in [-0.1, -0.05) is 41.9 Å². The van der Waals surface area contributed by atoms with Crippen LogP contribution in [0.1, 0.15) is 34.1 Å². The molecule has 2 heterocycles. The van der Waals surface area contributed by atoms with E-state index in [1.807, 2.05) is 12.1 Å². The minimum Gasteiger partial charge on any atom is -0.462 e. The first-order valence-corrected chi connectivity index (χ1v) is 11.1. The van der Waals surface area contributed by atoms with Gasteiger partial charge in [-0.2, -0.15) is 18.3 Å². The Balaban J connectivity index is 1.68. The lowest BCUT2D eigenvalue weighted by Crippen LogP contribution is -2.12. The van der Waals surface area contributed by atoms with E-state index in [0.717, 1.165) is 17.7 Å². The van der Waals surface area contributed by atoms with Gasteiger partial charge in [-0.25, -0.2) is 14.3 Å². The maximum atomic E-state index is 13.0. The van der Waals surface area contributed by atoms with E-state index in [0.29, 0.717) is 22.7 Å². The van der Waals surface area contributed by atoms with Crippen LogP contribution in [-0.4, -0.2) is 33.1 Å². The van der Waals surface area contributed by atoms with Crippen LogP contribution in [0, 0.1) is 0 Å². The molecule has 0 radical (unpaired) electrons. The molecule has 0 N–H and O–H groups in total. The van der Waals surface area contributed by atoms with Gasteiger partial charge in [-0.3, -0.25) is 4.79 Å². The van der Waals surface area contributed by atoms with Gasteiger partial charge >= 0.3 is 18.1 Å². The number of carbonyl (C=O) groups is 2. The van der Waals surface area contributed by atoms with E-state index in [9.17, 15) is 22.8 Å². The Bertz CT molecular complexity index is 1420. The van der Waals surface area contributed by atoms with Crippen LogP contribution < -0.4 is 0 Å². The number of hydrogen-bond donors (Lipinski definition) is 0. The number of nitrogens with zero attached hydrogens (tertiary/aromatic N) is 3. The number of esters is 2. The number of carbonyl (C=O) groups excluding carboxylic acids is 2. The van der Waals surface area contributed by atoms with Crippen molar-refractivity contribution in [1.82, 2.24) is 14.6 Å². The van der Waals surface area contributed by atoms with E-state index >= 15 is 0 Å². The molecular weight excluding hydrogens is 499 g/mol. The van der Waals surface area contributed by atoms with Crippen molar-refractivity contribution in [3.8, 4) is 11.3 Å². The first kappa shape index (κ1) is 25.2. The van der Waals surface area contributed by atoms with Crippen molar-refractivity contribution in [3.63, 3.8) is 0 Å². The van der Waals surface area contributed by atoms with Crippen molar-refractivity contribution in [1.29, 1.82) is 0 Å². The third-order valence-electron chi connectivity index (χ3n) is 5.28. The monoisotopic (exact) mass is 517 g/mol. The number of aromatic nitrogens is 3. The number of hydrogen-bond acceptors (Lipinski definition) is 6. The average molecular weight is 518 g/mol. The molecule has 2 aromatic heterocycles. The molecule has 0 saturated heterocycles. The van der Waals surface area contributed by atoms with Crippen molar-refractivity contribution in [2.75, 3.05) is 6.61 Å². The number of alkyl halides is 3. The van der Waals surface area contributed by atoms with E-state index in [1.54, 1.807) is 18.2 Å². The molecular formula is C25H19ClF3N3O4. The molecule has 0 aliphatic carbocycles. The number of fused-ring (bicyclic) bond motifs is 1. The minimum absolute atomic E-state index is 0.0100. The molecule has 0 amide bonds. The van der Waals surface area contributed by atoms with Gasteiger partial charge in [-0.15, -0.1) is 0 Å². The summed E-state index contributed by atoms with van der Waals surface area (Å²) in [5.74, 6) is -1.32. The largest absolute Gasteiger partial charge is 0.462 e. The molecule has 0 aliphatic heterocycles. The van der Waals surface area contributed by atoms with Crippen molar-refractivity contribution in [2.45, 2.75) is 26.1 Å². The van der Waals surface area contributed by atoms with E-state index in [4.69, 9.17) is 21.1 Å². The van der Waals surface area contributed by atoms with Gasteiger partial charge in [0.25, 0.3) is 0 Å². The highest BCUT2D eigenvalue weighted by atomic mass is 35.5. The van der Waals surface area contributed by atoms with Crippen LogP contribution in [0.2, 0.25) is 5.02 Å². The second-order valence-electron chi connectivity index (χ2n) is 7.72. The fraction of sp³-hybridized carbons (Fsp3) is 0.200. The number of ether oxygens (including phenoxy) is 2. The Kier molecular flexibility index (Phi) is 7.25. The second-order valence-corrected chi connectivity index (χ2v) is 8.13. The van der Waals surface area contributed by atoms with Gasteiger partial charge in [-0.05, 0) is 29.8 Å². The third-order valence-corrected chi connectivity index (χ3v) is 5.65. The van der Waals surface area contributed by atoms with Gasteiger partial charge in [0.05, 0.1) is 17.9 Å². The lowest BCUT2D eigenvalue weighted by Gasteiger charge is -2.09. The van der Waals surface area contributed by atoms with Crippen LogP contribution >= 0.6 is 11.6 Å². The molecule has 0 spiro atoms. The summed E-state index contributed by atoms with van der Waals surface area (Å²) >= 11 is 6.15. The number of benzene rings is 2. The predicted molar refractivity (Wildman–Crippen MR) is 124 cm³/mol. The average Bonchev–Trinajstić information content (AvgIpc) is 3.22. The summed E-state index contributed by atoms with van der Waals surface area (Å²) in [5, 5.41) is 4.91. The molecule has 11 heteroatoms. The van der Waals surface area contributed by atoms with E-state index in [2.05, 4.69) is 10.1 Å². The highest BCUT2D eigenvalue weighted by Crippen LogP contribution is 2.31. The predicted octanol–water partition coefficient (Wildman–Crippen LogP) is 5.53. The Morgan fingerprint density at radius 2 is 1.75 bits per heavy atom. The second kappa shape index (κ2) is 10.4. The molecule has 0 fully saturated rings. The lowest BCUT2D eigenvalue weighted by atomic mass is 10.1. The molecule has 0 aliphatic rings. The number of rotatable bonds is 7. The van der Waals surface area contributed by atoms with Crippen LogP contribution in [0.15, 0.2) is 60.8 Å². The first-order chi connectivity index (χ1) is 17.1. The minimum atomic E-state index is -4.48. The van der Waals surface area contributed by atoms with Crippen LogP contribution in [0.5, 0.6) is 0 Å². The topological polar surface area (TPSA) is 82.8 Å². The van der Waals surface area contributed by atoms with E-state index in [-0.39, 0.29) is 30.1 Å². The maximum absolute atomic E-state index is 13.0. The van der Waals surface area contributed by atoms with E-state index in [1.165, 1.54) is 29.8 Å². The Morgan fingerprint density at radius 1 is 1.03 bits per heavy atom. The Morgan fingerprint density at radius 3 is 2.42 bits per heavy atom. The van der Waals surface area contributed by atoms with Gasteiger partial charge in [0.2, 0.25) is 0 Å². The van der Waals surface area contributed by atoms with Crippen molar-refractivity contribution < 1.29 is 32.2 Å². The summed E-state index contributed by atoms with van der Waals surface area (Å²) in [6.45, 7) is 0.912. The summed E-state index contributed by atoms with van der Waals surface area (Å²) in [6.07, 6.45) is -2.70. The fourth-order valence-electron chi connectivity index (χ4n) is 3.54. The third kappa shape index (κ3) is 5.49. The summed E-state index contributed by atoms with van der Waals surface area (Å²) in [6, 6.07) is 13.2. The SMILES string of the molecule is CC(=O)OCc1nn2c(-c3ccc(C(F)(F)F)cc3)ccnc2c1C(=O)OCCc1ccccc1Cl. The number of halogens is 4. The molecule has 0 unspecified atom stereocenters. The van der Waals surface area contributed by atoms with Crippen molar-refractivity contribution in [3.05, 3.63) is 88.2 Å². The van der Waals surface area contributed by atoms with Crippen LogP contribution in [0.25, 0.3) is 16.9 Å². The molecule has 4 aromatic rings. The fourth-order valence-corrected chi connectivity index (χ4v) is 3.78. The smallest absolute Gasteiger partial charge is 0.416 e. The zero-order valence-corrected chi connectivity index (χ0v) is 19.6. The van der Waals surface area contributed by atoms with Gasteiger partial charge in [0, 0.05) is 30.1 Å². The van der Waals surface area contributed by atoms with Crippen LogP contribution in [-0.2, 0) is 33.5 Å². The van der Waals surface area contributed by atoms with Crippen LogP contribution in [0.3, 0.4) is 0 Å². The van der Waals surface area contributed by atoms with Gasteiger partial charge in [0.1, 0.15) is 17.9 Å². The van der Waals surface area contributed by atoms with Crippen LogP contribution in [0.4, 0.5) is 13.2 Å². The summed E-state index contributed by atoms with van der Waals surface area (Å²) in [4.78, 5) is 28.7. The molecule has 0 bridgehead atoms. The molecule has 0 atom stereocenters. The molecule has 186 valence electrons.